The first-order valence-corrected chi connectivity index (χ1v) is 6.00. The van der Waals surface area contributed by atoms with Crippen LogP contribution in [0.5, 0.6) is 0 Å². The number of aliphatic hydroxyl groups excluding tert-OH is 1. The Kier molecular flexibility index (Phi) is 2.85. The van der Waals surface area contributed by atoms with Crippen LogP contribution < -0.4 is 5.32 Å². The third-order valence-corrected chi connectivity index (χ3v) is 3.32. The SMILES string of the molecule is Cn1ncc(CN[C@H]2C[C@@H](O)[C@@H]2n2cccn2)n1. The largest absolute Gasteiger partial charge is 0.391 e. The lowest BCUT2D eigenvalue weighted by atomic mass is 9.83. The third-order valence-electron chi connectivity index (χ3n) is 3.32. The number of hydrogen-bond acceptors (Lipinski definition) is 5. The summed E-state index contributed by atoms with van der Waals surface area (Å²) in [4.78, 5) is 1.54. The molecule has 1 saturated carbocycles. The molecular weight excluding hydrogens is 232 g/mol. The predicted molar refractivity (Wildman–Crippen MR) is 63.5 cm³/mol. The number of aliphatic hydroxyl groups is 1. The van der Waals surface area contributed by atoms with Crippen molar-refractivity contribution in [2.45, 2.75) is 31.2 Å². The van der Waals surface area contributed by atoms with E-state index in [0.717, 1.165) is 12.1 Å². The van der Waals surface area contributed by atoms with Crippen molar-refractivity contribution in [2.24, 2.45) is 7.05 Å². The summed E-state index contributed by atoms with van der Waals surface area (Å²) in [5.74, 6) is 0. The zero-order valence-corrected chi connectivity index (χ0v) is 10.1. The van der Waals surface area contributed by atoms with E-state index in [1.165, 1.54) is 4.80 Å². The fourth-order valence-electron chi connectivity index (χ4n) is 2.34. The van der Waals surface area contributed by atoms with Crippen molar-refractivity contribution in [1.29, 1.82) is 0 Å². The van der Waals surface area contributed by atoms with Crippen LogP contribution in [0.4, 0.5) is 0 Å². The molecule has 7 nitrogen and oxygen atoms in total. The van der Waals surface area contributed by atoms with Gasteiger partial charge in [0.15, 0.2) is 0 Å². The van der Waals surface area contributed by atoms with Gasteiger partial charge in [0.1, 0.15) is 0 Å². The quantitative estimate of drug-likeness (QED) is 0.760. The van der Waals surface area contributed by atoms with E-state index in [1.54, 1.807) is 19.4 Å². The van der Waals surface area contributed by atoms with E-state index in [-0.39, 0.29) is 18.2 Å². The molecule has 18 heavy (non-hydrogen) atoms. The maximum Gasteiger partial charge on any atom is 0.0964 e. The molecule has 0 saturated heterocycles. The topological polar surface area (TPSA) is 80.8 Å². The molecule has 0 amide bonds. The summed E-state index contributed by atoms with van der Waals surface area (Å²) in [5.41, 5.74) is 0.901. The van der Waals surface area contributed by atoms with Crippen LogP contribution >= 0.6 is 0 Å². The lowest BCUT2D eigenvalue weighted by Crippen LogP contribution is -2.54. The molecule has 7 heteroatoms. The average Bonchev–Trinajstić information content (AvgIpc) is 2.96. The normalized spacial score (nSPS) is 27.1. The van der Waals surface area contributed by atoms with Crippen molar-refractivity contribution in [3.63, 3.8) is 0 Å². The van der Waals surface area contributed by atoms with E-state index >= 15 is 0 Å². The molecular formula is C11H16N6O. The molecule has 0 aromatic carbocycles. The molecule has 1 aliphatic rings. The van der Waals surface area contributed by atoms with Crippen LogP contribution in [0, 0.1) is 0 Å². The smallest absolute Gasteiger partial charge is 0.0964 e. The highest BCUT2D eigenvalue weighted by atomic mass is 16.3. The fraction of sp³-hybridized carbons (Fsp3) is 0.545. The van der Waals surface area contributed by atoms with Gasteiger partial charge in [-0.05, 0) is 12.5 Å². The van der Waals surface area contributed by atoms with Gasteiger partial charge in [0.05, 0.1) is 24.0 Å². The number of nitrogens with zero attached hydrogens (tertiary/aromatic N) is 5. The zero-order chi connectivity index (χ0) is 12.5. The Morgan fingerprint density at radius 1 is 1.50 bits per heavy atom. The minimum atomic E-state index is -0.329. The first kappa shape index (κ1) is 11.4. The van der Waals surface area contributed by atoms with Gasteiger partial charge < -0.3 is 10.4 Å². The van der Waals surface area contributed by atoms with Crippen molar-refractivity contribution >= 4 is 0 Å². The highest BCUT2D eigenvalue weighted by Gasteiger charge is 2.41. The van der Waals surface area contributed by atoms with Crippen molar-refractivity contribution in [3.05, 3.63) is 30.4 Å². The molecule has 3 atom stereocenters. The Labute approximate surface area is 104 Å². The molecule has 2 N–H and O–H groups in total. The van der Waals surface area contributed by atoms with Gasteiger partial charge in [0, 0.05) is 32.0 Å². The number of aromatic nitrogens is 5. The third kappa shape index (κ3) is 2.02. The van der Waals surface area contributed by atoms with E-state index < -0.39 is 0 Å². The molecule has 3 rings (SSSR count). The van der Waals surface area contributed by atoms with E-state index in [1.807, 2.05) is 16.9 Å². The number of rotatable bonds is 4. The predicted octanol–water partition coefficient (Wildman–Crippen LogP) is -0.524. The molecule has 96 valence electrons. The molecule has 0 radical (unpaired) electrons. The maximum atomic E-state index is 9.82. The second kappa shape index (κ2) is 4.51. The van der Waals surface area contributed by atoms with E-state index in [4.69, 9.17) is 0 Å². The van der Waals surface area contributed by atoms with Crippen LogP contribution in [0.1, 0.15) is 18.2 Å². The second-order valence-corrected chi connectivity index (χ2v) is 4.59. The number of nitrogens with one attached hydrogen (secondary N) is 1. The fourth-order valence-corrected chi connectivity index (χ4v) is 2.34. The maximum absolute atomic E-state index is 9.82. The lowest BCUT2D eigenvalue weighted by molar-refractivity contribution is -0.00833. The van der Waals surface area contributed by atoms with Gasteiger partial charge in [-0.2, -0.15) is 20.1 Å². The van der Waals surface area contributed by atoms with E-state index in [9.17, 15) is 5.11 Å². The van der Waals surface area contributed by atoms with Gasteiger partial charge in [0.25, 0.3) is 0 Å². The van der Waals surface area contributed by atoms with Crippen molar-refractivity contribution in [1.82, 2.24) is 30.1 Å². The zero-order valence-electron chi connectivity index (χ0n) is 10.1. The highest BCUT2D eigenvalue weighted by Crippen LogP contribution is 2.32. The van der Waals surface area contributed by atoms with Gasteiger partial charge in [-0.3, -0.25) is 4.68 Å². The Bertz CT molecular complexity index is 507. The average molecular weight is 248 g/mol. The van der Waals surface area contributed by atoms with Gasteiger partial charge in [0.2, 0.25) is 0 Å². The van der Waals surface area contributed by atoms with Crippen LogP contribution in [0.3, 0.4) is 0 Å². The van der Waals surface area contributed by atoms with Gasteiger partial charge >= 0.3 is 0 Å². The second-order valence-electron chi connectivity index (χ2n) is 4.59. The summed E-state index contributed by atoms with van der Waals surface area (Å²) in [7, 11) is 1.79. The molecule has 0 bridgehead atoms. The summed E-state index contributed by atoms with van der Waals surface area (Å²) < 4.78 is 1.81. The van der Waals surface area contributed by atoms with Gasteiger partial charge in [-0.1, -0.05) is 0 Å². The molecule has 1 fully saturated rings. The van der Waals surface area contributed by atoms with Crippen molar-refractivity contribution in [2.75, 3.05) is 0 Å². The van der Waals surface area contributed by atoms with Crippen LogP contribution in [0.2, 0.25) is 0 Å². The van der Waals surface area contributed by atoms with Gasteiger partial charge in [-0.15, -0.1) is 0 Å². The van der Waals surface area contributed by atoms with E-state index in [2.05, 4.69) is 20.6 Å². The Balaban J connectivity index is 1.60. The minimum absolute atomic E-state index is 0.0108. The summed E-state index contributed by atoms with van der Waals surface area (Å²) in [5, 5.41) is 25.6. The Morgan fingerprint density at radius 2 is 2.39 bits per heavy atom. The first-order chi connectivity index (χ1) is 8.74. The van der Waals surface area contributed by atoms with Crippen LogP contribution in [-0.2, 0) is 13.6 Å². The van der Waals surface area contributed by atoms with Crippen LogP contribution in [-0.4, -0.2) is 42.0 Å². The van der Waals surface area contributed by atoms with Crippen molar-refractivity contribution in [3.8, 4) is 0 Å². The molecule has 2 aromatic rings. The number of hydrogen-bond donors (Lipinski definition) is 2. The lowest BCUT2D eigenvalue weighted by Gasteiger charge is -2.42. The molecule has 2 aromatic heterocycles. The molecule has 0 aliphatic heterocycles. The summed E-state index contributed by atoms with van der Waals surface area (Å²) in [6, 6.07) is 2.10. The summed E-state index contributed by atoms with van der Waals surface area (Å²) in [6.45, 7) is 0.656. The molecule has 2 heterocycles. The van der Waals surface area contributed by atoms with Crippen LogP contribution in [0.15, 0.2) is 24.7 Å². The van der Waals surface area contributed by atoms with Crippen LogP contribution in [0.25, 0.3) is 0 Å². The standard InChI is InChI=1S/C11H16N6O/c1-16-14-7-8(15-16)6-12-9-5-10(18)11(9)17-4-2-3-13-17/h2-4,7,9-12,18H,5-6H2,1H3/t9-,10+,11+/m0/s1. The summed E-state index contributed by atoms with van der Waals surface area (Å²) in [6.07, 6.45) is 5.76. The monoisotopic (exact) mass is 248 g/mol. The van der Waals surface area contributed by atoms with E-state index in [0.29, 0.717) is 6.54 Å². The first-order valence-electron chi connectivity index (χ1n) is 6.00. The van der Waals surface area contributed by atoms with Crippen molar-refractivity contribution < 1.29 is 5.11 Å². The number of aryl methyl sites for hydroxylation is 1. The highest BCUT2D eigenvalue weighted by molar-refractivity contribution is 5.01. The molecule has 0 unspecified atom stereocenters. The summed E-state index contributed by atoms with van der Waals surface area (Å²) >= 11 is 0. The molecule has 1 aliphatic carbocycles. The van der Waals surface area contributed by atoms with Gasteiger partial charge in [-0.25, -0.2) is 0 Å². The molecule has 0 spiro atoms. The minimum Gasteiger partial charge on any atom is -0.391 e. The Morgan fingerprint density at radius 3 is 3.00 bits per heavy atom. The Hall–Kier alpha value is -1.73.